The van der Waals surface area contributed by atoms with Crippen LogP contribution in [0.25, 0.3) is 0 Å². The maximum atomic E-state index is 11.7. The van der Waals surface area contributed by atoms with Gasteiger partial charge in [-0.15, -0.1) is 11.3 Å². The first kappa shape index (κ1) is 15.9. The predicted octanol–water partition coefficient (Wildman–Crippen LogP) is 2.59. The summed E-state index contributed by atoms with van der Waals surface area (Å²) in [5, 5.41) is 17.3. The fraction of sp³-hybridized carbons (Fsp3) is 0.0833. The topological polar surface area (TPSA) is 114 Å². The van der Waals surface area contributed by atoms with Gasteiger partial charge in [-0.1, -0.05) is 11.6 Å². The zero-order valence-electron chi connectivity index (χ0n) is 11.1. The first-order valence-electron chi connectivity index (χ1n) is 5.85. The molecule has 0 aliphatic carbocycles. The Morgan fingerprint density at radius 3 is 2.59 bits per heavy atom. The maximum absolute atomic E-state index is 11.7. The van der Waals surface area contributed by atoms with Crippen molar-refractivity contribution < 1.29 is 14.5 Å². The number of hydrogen-bond donors (Lipinski definition) is 2. The average Bonchev–Trinajstić information content (AvgIpc) is 2.85. The Kier molecular flexibility index (Phi) is 4.68. The molecule has 2 aromatic rings. The first-order valence-corrected chi connectivity index (χ1v) is 7.11. The predicted molar refractivity (Wildman–Crippen MR) is 82.2 cm³/mol. The molecule has 1 aromatic heterocycles. The van der Waals surface area contributed by atoms with Crippen molar-refractivity contribution in [1.82, 2.24) is 4.98 Å². The molecule has 0 aliphatic heterocycles. The number of anilines is 2. The summed E-state index contributed by atoms with van der Waals surface area (Å²) >= 11 is 6.84. The molecule has 0 spiro atoms. The van der Waals surface area contributed by atoms with Crippen molar-refractivity contribution in [1.29, 1.82) is 0 Å². The fourth-order valence-corrected chi connectivity index (χ4v) is 2.35. The Balaban J connectivity index is 2.06. The van der Waals surface area contributed by atoms with Gasteiger partial charge in [-0.25, -0.2) is 4.98 Å². The van der Waals surface area contributed by atoms with E-state index in [-0.39, 0.29) is 16.4 Å². The van der Waals surface area contributed by atoms with Gasteiger partial charge in [-0.05, 0) is 19.1 Å². The van der Waals surface area contributed by atoms with E-state index >= 15 is 0 Å². The lowest BCUT2D eigenvalue weighted by Crippen LogP contribution is -2.29. The SMILES string of the molecule is Cc1csc(NC(=O)C(=O)Nc2ccc(Cl)c([N+](=O)[O-])c2)n1. The minimum Gasteiger partial charge on any atom is -0.318 e. The van der Waals surface area contributed by atoms with Crippen molar-refractivity contribution in [3.05, 3.63) is 44.4 Å². The molecule has 8 nitrogen and oxygen atoms in total. The summed E-state index contributed by atoms with van der Waals surface area (Å²) in [4.78, 5) is 37.5. The van der Waals surface area contributed by atoms with E-state index in [0.717, 1.165) is 6.07 Å². The highest BCUT2D eigenvalue weighted by Gasteiger charge is 2.18. The van der Waals surface area contributed by atoms with Crippen LogP contribution >= 0.6 is 22.9 Å². The van der Waals surface area contributed by atoms with E-state index in [9.17, 15) is 19.7 Å². The zero-order valence-corrected chi connectivity index (χ0v) is 12.7. The number of halogens is 1. The molecule has 0 unspecified atom stereocenters. The normalized spacial score (nSPS) is 10.1. The highest BCUT2D eigenvalue weighted by molar-refractivity contribution is 7.14. The van der Waals surface area contributed by atoms with Crippen molar-refractivity contribution in [2.24, 2.45) is 0 Å². The maximum Gasteiger partial charge on any atom is 0.315 e. The lowest BCUT2D eigenvalue weighted by molar-refractivity contribution is -0.384. The van der Waals surface area contributed by atoms with E-state index in [2.05, 4.69) is 15.6 Å². The molecule has 2 amide bonds. The molecule has 1 heterocycles. The van der Waals surface area contributed by atoms with E-state index in [1.807, 2.05) is 0 Å². The third kappa shape index (κ3) is 3.77. The molecule has 0 bridgehead atoms. The van der Waals surface area contributed by atoms with Crippen molar-refractivity contribution in [3.63, 3.8) is 0 Å². The Morgan fingerprint density at radius 2 is 2.00 bits per heavy atom. The van der Waals surface area contributed by atoms with Gasteiger partial charge in [0, 0.05) is 17.1 Å². The quantitative estimate of drug-likeness (QED) is 0.506. The number of thiazole rings is 1. The molecule has 0 radical (unpaired) electrons. The zero-order chi connectivity index (χ0) is 16.3. The molecular weight excluding hydrogens is 332 g/mol. The number of carbonyl (C=O) groups excluding carboxylic acids is 2. The van der Waals surface area contributed by atoms with Crippen molar-refractivity contribution in [2.75, 3.05) is 10.6 Å². The van der Waals surface area contributed by atoms with E-state index < -0.39 is 16.7 Å². The van der Waals surface area contributed by atoms with Crippen LogP contribution in [0.15, 0.2) is 23.6 Å². The summed E-state index contributed by atoms with van der Waals surface area (Å²) in [5.74, 6) is -1.89. The molecule has 2 rings (SSSR count). The molecular formula is C12H9ClN4O4S. The number of aromatic nitrogens is 1. The number of nitrogens with zero attached hydrogens (tertiary/aromatic N) is 2. The Labute approximate surface area is 133 Å². The van der Waals surface area contributed by atoms with Crippen molar-refractivity contribution in [3.8, 4) is 0 Å². The Morgan fingerprint density at radius 1 is 1.32 bits per heavy atom. The summed E-state index contributed by atoms with van der Waals surface area (Å²) in [6.07, 6.45) is 0. The molecule has 0 saturated heterocycles. The van der Waals surface area contributed by atoms with Crippen LogP contribution in [0.5, 0.6) is 0 Å². The smallest absolute Gasteiger partial charge is 0.315 e. The van der Waals surface area contributed by atoms with E-state index in [4.69, 9.17) is 11.6 Å². The van der Waals surface area contributed by atoms with Crippen LogP contribution in [-0.4, -0.2) is 21.7 Å². The van der Waals surface area contributed by atoms with E-state index in [1.54, 1.807) is 12.3 Å². The van der Waals surface area contributed by atoms with Gasteiger partial charge < -0.3 is 5.32 Å². The molecule has 10 heteroatoms. The number of rotatable bonds is 3. The largest absolute Gasteiger partial charge is 0.318 e. The van der Waals surface area contributed by atoms with Gasteiger partial charge in [0.05, 0.1) is 10.6 Å². The highest BCUT2D eigenvalue weighted by Crippen LogP contribution is 2.27. The van der Waals surface area contributed by atoms with Gasteiger partial charge in [0.2, 0.25) is 0 Å². The molecule has 0 saturated carbocycles. The number of nitro groups is 1. The van der Waals surface area contributed by atoms with Gasteiger partial charge in [0.1, 0.15) is 5.02 Å². The van der Waals surface area contributed by atoms with Crippen LogP contribution in [0.4, 0.5) is 16.5 Å². The second-order valence-corrected chi connectivity index (χ2v) is 5.39. The molecule has 114 valence electrons. The standard InChI is InChI=1S/C12H9ClN4O4S/c1-6-5-22-12(14-6)16-11(19)10(18)15-7-2-3-8(13)9(4-7)17(20)21/h2-5H,1H3,(H,15,18)(H,14,16,19). The summed E-state index contributed by atoms with van der Waals surface area (Å²) in [7, 11) is 0. The molecule has 0 fully saturated rings. The van der Waals surface area contributed by atoms with Gasteiger partial charge in [-0.2, -0.15) is 0 Å². The summed E-state index contributed by atoms with van der Waals surface area (Å²) in [6.45, 7) is 1.75. The fourth-order valence-electron chi connectivity index (χ4n) is 1.48. The van der Waals surface area contributed by atoms with Crippen LogP contribution in [0, 0.1) is 17.0 Å². The van der Waals surface area contributed by atoms with Crippen molar-refractivity contribution in [2.45, 2.75) is 6.92 Å². The minimum absolute atomic E-state index is 0.0642. The monoisotopic (exact) mass is 340 g/mol. The summed E-state index contributed by atoms with van der Waals surface area (Å²) < 4.78 is 0. The van der Waals surface area contributed by atoms with Crippen LogP contribution in [-0.2, 0) is 9.59 Å². The number of aryl methyl sites for hydroxylation is 1. The molecule has 1 aromatic carbocycles. The molecule has 22 heavy (non-hydrogen) atoms. The van der Waals surface area contributed by atoms with Gasteiger partial charge in [-0.3, -0.25) is 25.0 Å². The number of amides is 2. The van der Waals surface area contributed by atoms with Crippen LogP contribution < -0.4 is 10.6 Å². The van der Waals surface area contributed by atoms with E-state index in [1.165, 1.54) is 23.5 Å². The second kappa shape index (κ2) is 6.50. The lowest BCUT2D eigenvalue weighted by atomic mass is 10.2. The third-order valence-corrected chi connectivity index (χ3v) is 3.64. The van der Waals surface area contributed by atoms with Crippen molar-refractivity contribution >= 4 is 51.3 Å². The van der Waals surface area contributed by atoms with Crippen LogP contribution in [0.1, 0.15) is 5.69 Å². The molecule has 0 aliphatic rings. The van der Waals surface area contributed by atoms with Gasteiger partial charge in [0.25, 0.3) is 5.69 Å². The number of benzene rings is 1. The number of carbonyl (C=O) groups is 2. The number of nitrogens with one attached hydrogen (secondary N) is 2. The number of nitro benzene ring substituents is 1. The third-order valence-electron chi connectivity index (χ3n) is 2.45. The molecule has 2 N–H and O–H groups in total. The lowest BCUT2D eigenvalue weighted by Gasteiger charge is -2.05. The summed E-state index contributed by atoms with van der Waals surface area (Å²) in [6, 6.07) is 3.69. The Hall–Kier alpha value is -2.52. The first-order chi connectivity index (χ1) is 10.4. The van der Waals surface area contributed by atoms with Crippen LogP contribution in [0.3, 0.4) is 0 Å². The van der Waals surface area contributed by atoms with Gasteiger partial charge >= 0.3 is 11.8 Å². The second-order valence-electron chi connectivity index (χ2n) is 4.13. The summed E-state index contributed by atoms with van der Waals surface area (Å²) in [5.41, 5.74) is 0.441. The van der Waals surface area contributed by atoms with E-state index in [0.29, 0.717) is 10.8 Å². The minimum atomic E-state index is -0.968. The highest BCUT2D eigenvalue weighted by atomic mass is 35.5. The van der Waals surface area contributed by atoms with Gasteiger partial charge in [0.15, 0.2) is 5.13 Å². The Bertz CT molecular complexity index is 761. The average molecular weight is 341 g/mol. The number of hydrogen-bond acceptors (Lipinski definition) is 6. The van der Waals surface area contributed by atoms with Crippen LogP contribution in [0.2, 0.25) is 5.02 Å². The molecule has 0 atom stereocenters.